The summed E-state index contributed by atoms with van der Waals surface area (Å²) >= 11 is 5.20. The van der Waals surface area contributed by atoms with Crippen molar-refractivity contribution in [1.82, 2.24) is 0 Å². The Kier molecular flexibility index (Phi) is 6.42. The van der Waals surface area contributed by atoms with Gasteiger partial charge in [-0.1, -0.05) is 18.2 Å². The van der Waals surface area contributed by atoms with E-state index in [1.54, 1.807) is 24.9 Å². The molecule has 2 aromatic carbocycles. The summed E-state index contributed by atoms with van der Waals surface area (Å²) in [6.45, 7) is 0.548. The lowest BCUT2D eigenvalue weighted by Crippen LogP contribution is -2.03. The molecule has 0 heterocycles. The Bertz CT molecular complexity index is 575. The van der Waals surface area contributed by atoms with Gasteiger partial charge < -0.3 is 14.6 Å². The molecule has 0 fully saturated rings. The normalized spacial score (nSPS) is 10.4. The zero-order valence-electron chi connectivity index (χ0n) is 11.7. The maximum absolute atomic E-state index is 9.19. The Morgan fingerprint density at radius 3 is 2.62 bits per heavy atom. The Balaban J connectivity index is 1.93. The molecule has 0 aliphatic carbocycles. The van der Waals surface area contributed by atoms with Crippen LogP contribution in [0.2, 0.25) is 0 Å². The number of hydrogen-bond acceptors (Lipinski definition) is 4. The fourth-order valence-corrected chi connectivity index (χ4v) is 3.18. The van der Waals surface area contributed by atoms with E-state index in [2.05, 4.69) is 28.1 Å². The van der Waals surface area contributed by atoms with Crippen LogP contribution in [0, 0.1) is 0 Å². The minimum Gasteiger partial charge on any atom is -0.493 e. The van der Waals surface area contributed by atoms with Gasteiger partial charge in [0, 0.05) is 10.6 Å². The van der Waals surface area contributed by atoms with Crippen LogP contribution < -0.4 is 9.47 Å². The first-order chi connectivity index (χ1) is 10.2. The second-order valence-corrected chi connectivity index (χ2v) is 6.30. The van der Waals surface area contributed by atoms with E-state index in [1.165, 1.54) is 4.90 Å². The van der Waals surface area contributed by atoms with E-state index >= 15 is 0 Å². The SMILES string of the molecule is COc1cc(CO)cc(Br)c1OCCSc1ccccc1. The minimum absolute atomic E-state index is 0.0287. The van der Waals surface area contributed by atoms with Crippen LogP contribution in [0.5, 0.6) is 11.5 Å². The molecule has 0 bridgehead atoms. The number of aliphatic hydroxyl groups is 1. The van der Waals surface area contributed by atoms with Gasteiger partial charge in [0.1, 0.15) is 0 Å². The van der Waals surface area contributed by atoms with Crippen LogP contribution >= 0.6 is 27.7 Å². The summed E-state index contributed by atoms with van der Waals surface area (Å²) in [5.74, 6) is 2.14. The van der Waals surface area contributed by atoms with Gasteiger partial charge in [-0.2, -0.15) is 0 Å². The molecule has 21 heavy (non-hydrogen) atoms. The van der Waals surface area contributed by atoms with Gasteiger partial charge in [0.05, 0.1) is 24.8 Å². The van der Waals surface area contributed by atoms with Crippen molar-refractivity contribution in [1.29, 1.82) is 0 Å². The summed E-state index contributed by atoms with van der Waals surface area (Å²) in [5, 5.41) is 9.19. The number of hydrogen-bond donors (Lipinski definition) is 1. The molecule has 0 saturated heterocycles. The van der Waals surface area contributed by atoms with Gasteiger partial charge in [0.15, 0.2) is 11.5 Å². The van der Waals surface area contributed by atoms with Crippen molar-refractivity contribution < 1.29 is 14.6 Å². The smallest absolute Gasteiger partial charge is 0.175 e. The average Bonchev–Trinajstić information content (AvgIpc) is 2.53. The number of rotatable bonds is 7. The molecule has 0 unspecified atom stereocenters. The molecule has 0 aromatic heterocycles. The number of halogens is 1. The first-order valence-corrected chi connectivity index (χ1v) is 8.30. The largest absolute Gasteiger partial charge is 0.493 e. The highest BCUT2D eigenvalue weighted by Gasteiger charge is 2.11. The highest BCUT2D eigenvalue weighted by molar-refractivity contribution is 9.10. The first kappa shape index (κ1) is 16.2. The lowest BCUT2D eigenvalue weighted by Gasteiger charge is -2.13. The average molecular weight is 369 g/mol. The molecule has 0 atom stereocenters. The Labute approximate surface area is 137 Å². The molecule has 2 aromatic rings. The molecule has 5 heteroatoms. The van der Waals surface area contributed by atoms with Gasteiger partial charge in [-0.05, 0) is 45.8 Å². The van der Waals surface area contributed by atoms with Gasteiger partial charge in [0.25, 0.3) is 0 Å². The second-order valence-electron chi connectivity index (χ2n) is 4.28. The van der Waals surface area contributed by atoms with Crippen LogP contribution in [0.25, 0.3) is 0 Å². The Morgan fingerprint density at radius 1 is 1.19 bits per heavy atom. The van der Waals surface area contributed by atoms with Gasteiger partial charge in [-0.15, -0.1) is 11.8 Å². The van der Waals surface area contributed by atoms with Crippen molar-refractivity contribution in [2.45, 2.75) is 11.5 Å². The molecule has 0 saturated carbocycles. The van der Waals surface area contributed by atoms with Crippen molar-refractivity contribution in [2.75, 3.05) is 19.5 Å². The molecule has 0 aliphatic heterocycles. The van der Waals surface area contributed by atoms with Crippen LogP contribution in [0.4, 0.5) is 0 Å². The summed E-state index contributed by atoms with van der Waals surface area (Å²) in [4.78, 5) is 1.22. The zero-order chi connectivity index (χ0) is 15.1. The third-order valence-corrected chi connectivity index (χ3v) is 4.38. The molecular formula is C16H17BrO3S. The summed E-state index contributed by atoms with van der Waals surface area (Å²) in [7, 11) is 1.59. The fourth-order valence-electron chi connectivity index (χ4n) is 1.82. The molecule has 0 aliphatic rings. The summed E-state index contributed by atoms with van der Waals surface area (Å²) in [6, 6.07) is 13.8. The van der Waals surface area contributed by atoms with Crippen molar-refractivity contribution in [3.05, 3.63) is 52.5 Å². The topological polar surface area (TPSA) is 38.7 Å². The summed E-state index contributed by atoms with van der Waals surface area (Å²) in [5.41, 5.74) is 0.782. The van der Waals surface area contributed by atoms with Crippen molar-refractivity contribution in [3.8, 4) is 11.5 Å². The number of aliphatic hydroxyl groups excluding tert-OH is 1. The van der Waals surface area contributed by atoms with E-state index in [-0.39, 0.29) is 6.61 Å². The first-order valence-electron chi connectivity index (χ1n) is 6.52. The van der Waals surface area contributed by atoms with Gasteiger partial charge >= 0.3 is 0 Å². The molecule has 112 valence electrons. The van der Waals surface area contributed by atoms with Crippen LogP contribution in [-0.2, 0) is 6.61 Å². The van der Waals surface area contributed by atoms with E-state index in [4.69, 9.17) is 9.47 Å². The molecular weight excluding hydrogens is 352 g/mol. The molecule has 1 N–H and O–H groups in total. The standard InChI is InChI=1S/C16H17BrO3S/c1-19-15-10-12(11-18)9-14(17)16(15)20-7-8-21-13-5-3-2-4-6-13/h2-6,9-10,18H,7-8,11H2,1H3. The molecule has 2 rings (SSSR count). The summed E-state index contributed by atoms with van der Waals surface area (Å²) < 4.78 is 11.9. The number of thioether (sulfide) groups is 1. The Hall–Kier alpha value is -1.17. The lowest BCUT2D eigenvalue weighted by atomic mass is 10.2. The molecule has 0 amide bonds. The van der Waals surface area contributed by atoms with E-state index in [0.29, 0.717) is 18.1 Å². The highest BCUT2D eigenvalue weighted by atomic mass is 79.9. The predicted molar refractivity (Wildman–Crippen MR) is 89.3 cm³/mol. The lowest BCUT2D eigenvalue weighted by molar-refractivity contribution is 0.278. The predicted octanol–water partition coefficient (Wildman–Crippen LogP) is 4.12. The van der Waals surface area contributed by atoms with Crippen molar-refractivity contribution in [2.24, 2.45) is 0 Å². The zero-order valence-corrected chi connectivity index (χ0v) is 14.1. The fraction of sp³-hybridized carbons (Fsp3) is 0.250. The van der Waals surface area contributed by atoms with E-state index in [9.17, 15) is 5.11 Å². The van der Waals surface area contributed by atoms with Crippen LogP contribution in [0.1, 0.15) is 5.56 Å². The molecule has 3 nitrogen and oxygen atoms in total. The maximum Gasteiger partial charge on any atom is 0.175 e. The van der Waals surface area contributed by atoms with Gasteiger partial charge in [-0.25, -0.2) is 0 Å². The van der Waals surface area contributed by atoms with Crippen LogP contribution in [0.15, 0.2) is 51.8 Å². The van der Waals surface area contributed by atoms with Crippen molar-refractivity contribution in [3.63, 3.8) is 0 Å². The monoisotopic (exact) mass is 368 g/mol. The second kappa shape index (κ2) is 8.32. The highest BCUT2D eigenvalue weighted by Crippen LogP contribution is 2.36. The van der Waals surface area contributed by atoms with E-state index < -0.39 is 0 Å². The summed E-state index contributed by atoms with van der Waals surface area (Å²) in [6.07, 6.45) is 0. The quantitative estimate of drug-likeness (QED) is 0.589. The third kappa shape index (κ3) is 4.66. The van der Waals surface area contributed by atoms with Gasteiger partial charge in [0.2, 0.25) is 0 Å². The Morgan fingerprint density at radius 2 is 1.95 bits per heavy atom. The van der Waals surface area contributed by atoms with Gasteiger partial charge in [-0.3, -0.25) is 0 Å². The van der Waals surface area contributed by atoms with Crippen LogP contribution in [0.3, 0.4) is 0 Å². The number of ether oxygens (including phenoxy) is 2. The van der Waals surface area contributed by atoms with E-state index in [0.717, 1.165) is 15.8 Å². The minimum atomic E-state index is -0.0287. The maximum atomic E-state index is 9.19. The third-order valence-electron chi connectivity index (χ3n) is 2.81. The number of benzene rings is 2. The number of methoxy groups -OCH3 is 1. The molecule has 0 spiro atoms. The van der Waals surface area contributed by atoms with E-state index in [1.807, 2.05) is 24.3 Å². The van der Waals surface area contributed by atoms with Crippen LogP contribution in [-0.4, -0.2) is 24.6 Å². The molecule has 0 radical (unpaired) electrons. The van der Waals surface area contributed by atoms with Crippen molar-refractivity contribution >= 4 is 27.7 Å².